The predicted molar refractivity (Wildman–Crippen MR) is 93.7 cm³/mol. The number of halogens is 1. The van der Waals surface area contributed by atoms with Gasteiger partial charge in [0.1, 0.15) is 11.9 Å². The molecule has 0 radical (unpaired) electrons. The molecule has 1 aliphatic heterocycles. The van der Waals surface area contributed by atoms with Gasteiger partial charge in [0.15, 0.2) is 0 Å². The number of benzene rings is 1. The zero-order valence-corrected chi connectivity index (χ0v) is 15.6. The van der Waals surface area contributed by atoms with Crippen LogP contribution >= 0.6 is 11.6 Å². The van der Waals surface area contributed by atoms with Gasteiger partial charge in [-0.25, -0.2) is 17.4 Å². The standard InChI is InChI=1S/C16H18ClN3O4S/c1-10-4-14-11(6-15(10)25(22,23)19(2)3)5-13(24-14)9-20-16(21)7-12(17)8-18-20/h4,6-8,13H,5,9H2,1-3H3. The maximum Gasteiger partial charge on any atom is 0.268 e. The van der Waals surface area contributed by atoms with Gasteiger partial charge in [-0.15, -0.1) is 0 Å². The Kier molecular flexibility index (Phi) is 4.61. The van der Waals surface area contributed by atoms with E-state index in [1.54, 1.807) is 19.1 Å². The third-order valence-corrected chi connectivity index (χ3v) is 6.23. The van der Waals surface area contributed by atoms with Crippen molar-refractivity contribution < 1.29 is 13.2 Å². The van der Waals surface area contributed by atoms with Gasteiger partial charge in [-0.3, -0.25) is 4.79 Å². The molecular weight excluding hydrogens is 366 g/mol. The van der Waals surface area contributed by atoms with Crippen LogP contribution in [0, 0.1) is 6.92 Å². The van der Waals surface area contributed by atoms with E-state index < -0.39 is 10.0 Å². The molecule has 1 aromatic heterocycles. The van der Waals surface area contributed by atoms with E-state index in [-0.39, 0.29) is 28.1 Å². The third-order valence-electron chi connectivity index (χ3n) is 4.07. The number of sulfonamides is 1. The fourth-order valence-corrected chi connectivity index (χ4v) is 4.04. The van der Waals surface area contributed by atoms with E-state index >= 15 is 0 Å². The van der Waals surface area contributed by atoms with Crippen molar-refractivity contribution >= 4 is 21.6 Å². The lowest BCUT2D eigenvalue weighted by atomic mass is 10.1. The molecule has 1 aliphatic rings. The van der Waals surface area contributed by atoms with Crippen LogP contribution in [0.15, 0.2) is 34.1 Å². The van der Waals surface area contributed by atoms with Gasteiger partial charge in [0.2, 0.25) is 10.0 Å². The molecule has 1 unspecified atom stereocenters. The largest absolute Gasteiger partial charge is 0.488 e. The lowest BCUT2D eigenvalue weighted by Gasteiger charge is -2.14. The summed E-state index contributed by atoms with van der Waals surface area (Å²) in [4.78, 5) is 12.2. The molecule has 0 saturated heterocycles. The average Bonchev–Trinajstić information content (AvgIpc) is 2.90. The first-order valence-corrected chi connectivity index (χ1v) is 9.45. The summed E-state index contributed by atoms with van der Waals surface area (Å²) in [5.74, 6) is 0.641. The van der Waals surface area contributed by atoms with Crippen molar-refractivity contribution in [2.24, 2.45) is 0 Å². The Hall–Kier alpha value is -1.90. The number of hydrogen-bond acceptors (Lipinski definition) is 5. The molecule has 0 spiro atoms. The molecule has 0 amide bonds. The summed E-state index contributed by atoms with van der Waals surface area (Å²) in [6, 6.07) is 4.67. The second-order valence-electron chi connectivity index (χ2n) is 6.15. The minimum absolute atomic E-state index is 0.263. The van der Waals surface area contributed by atoms with Crippen LogP contribution in [0.3, 0.4) is 0 Å². The Morgan fingerprint density at radius 3 is 2.72 bits per heavy atom. The van der Waals surface area contributed by atoms with Crippen molar-refractivity contribution in [2.75, 3.05) is 14.1 Å². The monoisotopic (exact) mass is 383 g/mol. The average molecular weight is 384 g/mol. The molecule has 3 rings (SSSR count). The normalized spacial score (nSPS) is 16.8. The third kappa shape index (κ3) is 3.42. The number of fused-ring (bicyclic) bond motifs is 1. The van der Waals surface area contributed by atoms with Crippen molar-refractivity contribution in [3.05, 3.63) is 50.9 Å². The topological polar surface area (TPSA) is 81.5 Å². The molecule has 0 aliphatic carbocycles. The molecule has 0 fully saturated rings. The molecule has 2 aromatic rings. The zero-order valence-electron chi connectivity index (χ0n) is 14.1. The van der Waals surface area contributed by atoms with E-state index in [1.807, 2.05) is 0 Å². The summed E-state index contributed by atoms with van der Waals surface area (Å²) in [7, 11) is -0.522. The first kappa shape index (κ1) is 17.9. The van der Waals surface area contributed by atoms with E-state index in [0.717, 1.165) is 5.56 Å². The van der Waals surface area contributed by atoms with Gasteiger partial charge < -0.3 is 4.74 Å². The number of aryl methyl sites for hydroxylation is 1. The number of hydrogen-bond donors (Lipinski definition) is 0. The molecule has 1 aromatic carbocycles. The Bertz CT molecular complexity index is 985. The molecular formula is C16H18ClN3O4S. The van der Waals surface area contributed by atoms with Gasteiger partial charge in [-0.1, -0.05) is 11.6 Å². The molecule has 134 valence electrons. The van der Waals surface area contributed by atoms with Crippen LogP contribution in [-0.2, 0) is 23.0 Å². The second-order valence-corrected chi connectivity index (χ2v) is 8.71. The summed E-state index contributed by atoms with van der Waals surface area (Å²) >= 11 is 5.74. The van der Waals surface area contributed by atoms with Crippen molar-refractivity contribution in [1.82, 2.24) is 14.1 Å². The smallest absolute Gasteiger partial charge is 0.268 e. The van der Waals surface area contributed by atoms with Crippen LogP contribution in [0.1, 0.15) is 11.1 Å². The van der Waals surface area contributed by atoms with E-state index in [9.17, 15) is 13.2 Å². The Balaban J connectivity index is 1.87. The van der Waals surface area contributed by atoms with E-state index in [2.05, 4.69) is 5.10 Å². The van der Waals surface area contributed by atoms with Gasteiger partial charge >= 0.3 is 0 Å². The SMILES string of the molecule is Cc1cc2c(cc1S(=O)(=O)N(C)C)CC(Cn1ncc(Cl)cc1=O)O2. The van der Waals surface area contributed by atoms with E-state index in [1.165, 1.54) is 35.3 Å². The van der Waals surface area contributed by atoms with Gasteiger partial charge in [0.05, 0.1) is 22.7 Å². The Morgan fingerprint density at radius 1 is 1.36 bits per heavy atom. The predicted octanol–water partition coefficient (Wildman–Crippen LogP) is 1.46. The van der Waals surface area contributed by atoms with Gasteiger partial charge in [0, 0.05) is 26.6 Å². The summed E-state index contributed by atoms with van der Waals surface area (Å²) in [5.41, 5.74) is 1.12. The zero-order chi connectivity index (χ0) is 18.4. The fraction of sp³-hybridized carbons (Fsp3) is 0.375. The van der Waals surface area contributed by atoms with Crippen LogP contribution in [0.25, 0.3) is 0 Å². The highest BCUT2D eigenvalue weighted by Gasteiger charge is 2.28. The molecule has 1 atom stereocenters. The van der Waals surface area contributed by atoms with Crippen LogP contribution in [0.4, 0.5) is 0 Å². The van der Waals surface area contributed by atoms with Crippen LogP contribution in [0.2, 0.25) is 5.02 Å². The van der Waals surface area contributed by atoms with Crippen molar-refractivity contribution in [3.8, 4) is 5.75 Å². The maximum absolute atomic E-state index is 12.4. The second kappa shape index (κ2) is 6.44. The number of aromatic nitrogens is 2. The minimum Gasteiger partial charge on any atom is -0.488 e. The van der Waals surface area contributed by atoms with Gasteiger partial charge in [0.25, 0.3) is 5.56 Å². The lowest BCUT2D eigenvalue weighted by Crippen LogP contribution is -2.30. The quantitative estimate of drug-likeness (QED) is 0.798. The highest BCUT2D eigenvalue weighted by atomic mass is 35.5. The van der Waals surface area contributed by atoms with Crippen LogP contribution < -0.4 is 10.3 Å². The molecule has 7 nitrogen and oxygen atoms in total. The summed E-state index contributed by atoms with van der Waals surface area (Å²) < 4.78 is 33.2. The Morgan fingerprint density at radius 2 is 2.08 bits per heavy atom. The highest BCUT2D eigenvalue weighted by molar-refractivity contribution is 7.89. The van der Waals surface area contributed by atoms with Crippen molar-refractivity contribution in [1.29, 1.82) is 0 Å². The molecule has 2 heterocycles. The van der Waals surface area contributed by atoms with E-state index in [0.29, 0.717) is 17.7 Å². The van der Waals surface area contributed by atoms with E-state index in [4.69, 9.17) is 16.3 Å². The number of ether oxygens (including phenoxy) is 1. The molecule has 0 N–H and O–H groups in total. The molecule has 0 saturated carbocycles. The molecule has 25 heavy (non-hydrogen) atoms. The Labute approximate surface area is 150 Å². The lowest BCUT2D eigenvalue weighted by molar-refractivity contribution is 0.200. The van der Waals surface area contributed by atoms with Crippen molar-refractivity contribution in [3.63, 3.8) is 0 Å². The minimum atomic E-state index is -3.52. The summed E-state index contributed by atoms with van der Waals surface area (Å²) in [6.45, 7) is 2.00. The maximum atomic E-state index is 12.4. The first-order valence-electron chi connectivity index (χ1n) is 7.64. The summed E-state index contributed by atoms with van der Waals surface area (Å²) in [5, 5.41) is 4.27. The van der Waals surface area contributed by atoms with Crippen LogP contribution in [-0.4, -0.2) is 42.7 Å². The van der Waals surface area contributed by atoms with Crippen LogP contribution in [0.5, 0.6) is 5.75 Å². The van der Waals surface area contributed by atoms with Gasteiger partial charge in [-0.05, 0) is 30.2 Å². The molecule has 9 heteroatoms. The first-order chi connectivity index (χ1) is 11.7. The van der Waals surface area contributed by atoms with Gasteiger partial charge in [-0.2, -0.15) is 5.10 Å². The summed E-state index contributed by atoms with van der Waals surface area (Å²) in [6.07, 6.45) is 1.61. The fourth-order valence-electron chi connectivity index (χ4n) is 2.76. The molecule has 0 bridgehead atoms. The number of rotatable bonds is 4. The highest BCUT2D eigenvalue weighted by Crippen LogP contribution is 2.34. The van der Waals surface area contributed by atoms with Crippen molar-refractivity contribution in [2.45, 2.75) is 30.9 Å². The number of nitrogens with zero attached hydrogens (tertiary/aromatic N) is 3.